The maximum Gasteiger partial charge on any atom is 0.209 e. The summed E-state index contributed by atoms with van der Waals surface area (Å²) in [4.78, 5) is 6.51. The van der Waals surface area contributed by atoms with Gasteiger partial charge in [0.25, 0.3) is 0 Å². The van der Waals surface area contributed by atoms with Crippen LogP contribution in [0.3, 0.4) is 0 Å². The first-order valence-electron chi connectivity index (χ1n) is 8.72. The second-order valence-electron chi connectivity index (χ2n) is 7.06. The Bertz CT molecular complexity index is 520. The van der Waals surface area contributed by atoms with Gasteiger partial charge in [-0.25, -0.2) is 13.1 Å². The van der Waals surface area contributed by atoms with E-state index in [1.165, 1.54) is 6.26 Å². The Morgan fingerprint density at radius 3 is 2.38 bits per heavy atom. The number of ether oxygens (including phenoxy) is 2. The van der Waals surface area contributed by atoms with Gasteiger partial charge >= 0.3 is 0 Å². The molecule has 0 radical (unpaired) electrons. The fourth-order valence-corrected chi connectivity index (χ4v) is 3.93. The van der Waals surface area contributed by atoms with Crippen LogP contribution in [0, 0.1) is 0 Å². The molecule has 0 aromatic heterocycles. The number of nitrogens with one attached hydrogen (secondary N) is 2. The molecule has 0 spiro atoms. The molecule has 0 aromatic carbocycles. The summed E-state index contributed by atoms with van der Waals surface area (Å²) in [5.41, 5.74) is -0.591. The number of likely N-dealkylation sites (tertiary alicyclic amines) is 1. The van der Waals surface area contributed by atoms with Crippen LogP contribution in [0.25, 0.3) is 0 Å². The molecular formula is C16H35IN4O4S. The minimum atomic E-state index is -3.25. The van der Waals surface area contributed by atoms with Crippen LogP contribution in [0.2, 0.25) is 0 Å². The molecule has 1 aliphatic rings. The van der Waals surface area contributed by atoms with Crippen LogP contribution in [-0.2, 0) is 19.5 Å². The zero-order valence-electron chi connectivity index (χ0n) is 16.6. The van der Waals surface area contributed by atoms with E-state index in [4.69, 9.17) is 9.47 Å². The van der Waals surface area contributed by atoms with Crippen LogP contribution in [0.5, 0.6) is 0 Å². The molecule has 0 saturated carbocycles. The molecule has 0 aromatic rings. The Morgan fingerprint density at radius 1 is 1.27 bits per heavy atom. The maximum absolute atomic E-state index is 11.4. The summed E-state index contributed by atoms with van der Waals surface area (Å²) in [5, 5.41) is 3.27. The fourth-order valence-electron chi connectivity index (χ4n) is 2.86. The summed E-state index contributed by atoms with van der Waals surface area (Å²) >= 11 is 0. The van der Waals surface area contributed by atoms with Crippen molar-refractivity contribution in [2.45, 2.75) is 44.8 Å². The minimum absolute atomic E-state index is 0. The van der Waals surface area contributed by atoms with E-state index in [1.807, 2.05) is 13.8 Å². The Morgan fingerprint density at radius 2 is 1.88 bits per heavy atom. The number of rotatable bonds is 9. The molecule has 0 aliphatic carbocycles. The first kappa shape index (κ1) is 25.8. The van der Waals surface area contributed by atoms with E-state index in [0.29, 0.717) is 6.54 Å². The molecular weight excluding hydrogens is 471 g/mol. The lowest BCUT2D eigenvalue weighted by molar-refractivity contribution is 0.00987. The number of aliphatic imine (C=N–C) groups is 1. The van der Waals surface area contributed by atoms with Crippen molar-refractivity contribution in [2.75, 3.05) is 53.3 Å². The summed E-state index contributed by atoms with van der Waals surface area (Å²) in [7, 11) is 0.190. The first-order valence-corrected chi connectivity index (χ1v) is 10.6. The van der Waals surface area contributed by atoms with Crippen LogP contribution in [0.15, 0.2) is 4.99 Å². The second kappa shape index (κ2) is 12.3. The van der Waals surface area contributed by atoms with Crippen molar-refractivity contribution in [3.05, 3.63) is 0 Å². The molecule has 1 heterocycles. The van der Waals surface area contributed by atoms with E-state index in [9.17, 15) is 8.42 Å². The number of hydrogen-bond acceptors (Lipinski definition) is 5. The van der Waals surface area contributed by atoms with Crippen molar-refractivity contribution in [3.63, 3.8) is 0 Å². The predicted molar refractivity (Wildman–Crippen MR) is 116 cm³/mol. The molecule has 156 valence electrons. The van der Waals surface area contributed by atoms with Gasteiger partial charge in [0.05, 0.1) is 12.4 Å². The average Bonchev–Trinajstić information content (AvgIpc) is 2.51. The molecule has 1 aliphatic heterocycles. The van der Waals surface area contributed by atoms with Gasteiger partial charge in [0, 0.05) is 52.5 Å². The minimum Gasteiger partial charge on any atom is -0.385 e. The summed E-state index contributed by atoms with van der Waals surface area (Å²) < 4.78 is 36.4. The van der Waals surface area contributed by atoms with Crippen molar-refractivity contribution in [1.82, 2.24) is 14.9 Å². The van der Waals surface area contributed by atoms with Crippen molar-refractivity contribution in [3.8, 4) is 0 Å². The van der Waals surface area contributed by atoms with Crippen molar-refractivity contribution < 1.29 is 17.9 Å². The highest BCUT2D eigenvalue weighted by Gasteiger charge is 2.25. The Balaban J connectivity index is 0.00000625. The number of piperidine rings is 1. The molecule has 8 nitrogen and oxygen atoms in total. The molecule has 0 atom stereocenters. The number of methoxy groups -OCH3 is 1. The van der Waals surface area contributed by atoms with E-state index in [2.05, 4.69) is 19.9 Å². The smallest absolute Gasteiger partial charge is 0.209 e. The normalized spacial score (nSPS) is 17.1. The average molecular weight is 506 g/mol. The first-order chi connectivity index (χ1) is 11.7. The Kier molecular flexibility index (Phi) is 12.2. The monoisotopic (exact) mass is 506 g/mol. The molecule has 2 N–H and O–H groups in total. The van der Waals surface area contributed by atoms with Gasteiger partial charge in [-0.2, -0.15) is 0 Å². The molecule has 1 fully saturated rings. The van der Waals surface area contributed by atoms with Gasteiger partial charge in [-0.05, 0) is 33.1 Å². The third kappa shape index (κ3) is 10.9. The van der Waals surface area contributed by atoms with Crippen LogP contribution >= 0.6 is 24.0 Å². The highest BCUT2D eigenvalue weighted by atomic mass is 127. The SMILES string of the molecule is CN=C(NCC(C)(C)NS(C)(=O)=O)N1CCC(OCCCOC)CC1.I. The van der Waals surface area contributed by atoms with Gasteiger partial charge in [0.15, 0.2) is 5.96 Å². The van der Waals surface area contributed by atoms with Gasteiger partial charge in [-0.1, -0.05) is 0 Å². The molecule has 0 bridgehead atoms. The van der Waals surface area contributed by atoms with Crippen molar-refractivity contribution in [1.29, 1.82) is 0 Å². The Hall–Kier alpha value is -0.170. The quantitative estimate of drug-likeness (QED) is 0.210. The molecule has 0 unspecified atom stereocenters. The lowest BCUT2D eigenvalue weighted by Gasteiger charge is -2.35. The molecule has 1 rings (SSSR count). The second-order valence-corrected chi connectivity index (χ2v) is 8.81. The van der Waals surface area contributed by atoms with E-state index in [1.54, 1.807) is 14.2 Å². The summed E-state index contributed by atoms with van der Waals surface area (Å²) in [6, 6.07) is 0. The Labute approximate surface area is 175 Å². The summed E-state index contributed by atoms with van der Waals surface area (Å²) in [5.74, 6) is 0.793. The van der Waals surface area contributed by atoms with Crippen LogP contribution in [0.4, 0.5) is 0 Å². The fraction of sp³-hybridized carbons (Fsp3) is 0.938. The van der Waals surface area contributed by atoms with Gasteiger partial charge in [0.1, 0.15) is 0 Å². The van der Waals surface area contributed by atoms with Crippen molar-refractivity contribution >= 4 is 40.0 Å². The lowest BCUT2D eigenvalue weighted by Crippen LogP contribution is -2.54. The van der Waals surface area contributed by atoms with E-state index in [0.717, 1.165) is 51.5 Å². The zero-order chi connectivity index (χ0) is 18.9. The molecule has 10 heteroatoms. The largest absolute Gasteiger partial charge is 0.385 e. The third-order valence-corrected chi connectivity index (χ3v) is 4.87. The van der Waals surface area contributed by atoms with Gasteiger partial charge < -0.3 is 19.7 Å². The molecule has 26 heavy (non-hydrogen) atoms. The van der Waals surface area contributed by atoms with Crippen LogP contribution in [0.1, 0.15) is 33.1 Å². The van der Waals surface area contributed by atoms with E-state index >= 15 is 0 Å². The van der Waals surface area contributed by atoms with E-state index in [-0.39, 0.29) is 30.1 Å². The molecule has 1 saturated heterocycles. The van der Waals surface area contributed by atoms with Crippen LogP contribution in [-0.4, -0.2) is 84.2 Å². The topological polar surface area (TPSA) is 92.3 Å². The number of sulfonamides is 1. The highest BCUT2D eigenvalue weighted by Crippen LogP contribution is 2.14. The highest BCUT2D eigenvalue weighted by molar-refractivity contribution is 14.0. The summed E-state index contributed by atoms with van der Waals surface area (Å²) in [6.45, 7) is 7.34. The predicted octanol–water partition coefficient (Wildman–Crippen LogP) is 1.03. The van der Waals surface area contributed by atoms with E-state index < -0.39 is 15.6 Å². The standard InChI is InChI=1S/C16H34N4O4S.HI/c1-16(2,19-25(5,21)22)13-18-15(17-3)20-9-7-14(8-10-20)24-12-6-11-23-4;/h14,19H,6-13H2,1-5H3,(H,17,18);1H. The zero-order valence-corrected chi connectivity index (χ0v) is 19.7. The van der Waals surface area contributed by atoms with Gasteiger partial charge in [-0.15, -0.1) is 24.0 Å². The maximum atomic E-state index is 11.4. The number of guanidine groups is 1. The lowest BCUT2D eigenvalue weighted by atomic mass is 10.1. The van der Waals surface area contributed by atoms with Crippen LogP contribution < -0.4 is 10.0 Å². The van der Waals surface area contributed by atoms with Gasteiger partial charge in [0.2, 0.25) is 10.0 Å². The van der Waals surface area contributed by atoms with Crippen molar-refractivity contribution in [2.24, 2.45) is 4.99 Å². The number of hydrogen-bond donors (Lipinski definition) is 2. The summed E-state index contributed by atoms with van der Waals surface area (Å²) in [6.07, 6.45) is 4.29. The third-order valence-electron chi connectivity index (χ3n) is 3.95. The molecule has 0 amide bonds. The van der Waals surface area contributed by atoms with Gasteiger partial charge in [-0.3, -0.25) is 4.99 Å². The number of nitrogens with zero attached hydrogens (tertiary/aromatic N) is 2. The number of halogens is 1.